The Hall–Kier alpha value is -1.13. The van der Waals surface area contributed by atoms with Crippen LogP contribution in [0.1, 0.15) is 37.7 Å². The molecule has 0 saturated heterocycles. The maximum Gasteiger partial charge on any atom is 0.226 e. The Morgan fingerprint density at radius 2 is 2.00 bits per heavy atom. The van der Waals surface area contributed by atoms with E-state index < -0.39 is 0 Å². The highest BCUT2D eigenvalue weighted by Gasteiger charge is 2.16. The Kier molecular flexibility index (Phi) is 5.80. The number of carbonyl (C=O) groups excluding carboxylic acids is 1. The average Bonchev–Trinajstić information content (AvgIpc) is 2.90. The fourth-order valence-electron chi connectivity index (χ4n) is 2.43. The maximum atomic E-state index is 11.8. The number of halogens is 1. The molecule has 0 unspecified atom stereocenters. The van der Waals surface area contributed by atoms with Crippen molar-refractivity contribution in [3.63, 3.8) is 0 Å². The monoisotopic (exact) mass is 310 g/mol. The molecule has 0 radical (unpaired) electrons. The summed E-state index contributed by atoms with van der Waals surface area (Å²) in [6.07, 6.45) is 5.75. The van der Waals surface area contributed by atoms with E-state index >= 15 is 0 Å². The van der Waals surface area contributed by atoms with Gasteiger partial charge >= 0.3 is 0 Å². The van der Waals surface area contributed by atoms with Crippen LogP contribution in [0, 0.1) is 0 Å². The number of aryl methyl sites for hydroxylation is 1. The molecule has 1 saturated carbocycles. The molecule has 3 nitrogen and oxygen atoms in total. The SMILES string of the molecule is O=C(CCc1ccccc1Cl)NC(=S)NC1CCCC1. The lowest BCUT2D eigenvalue weighted by molar-refractivity contribution is -0.119. The highest BCUT2D eigenvalue weighted by molar-refractivity contribution is 7.80. The molecule has 20 heavy (non-hydrogen) atoms. The van der Waals surface area contributed by atoms with E-state index in [1.807, 2.05) is 24.3 Å². The van der Waals surface area contributed by atoms with Gasteiger partial charge in [0.15, 0.2) is 5.11 Å². The van der Waals surface area contributed by atoms with Crippen LogP contribution in [0.25, 0.3) is 0 Å². The molecular formula is C15H19ClN2OS. The standard InChI is InChI=1S/C15H19ClN2OS/c16-13-8-4-1-5-11(13)9-10-14(19)18-15(20)17-12-6-2-3-7-12/h1,4-5,8,12H,2-3,6-7,9-10H2,(H2,17,18,19,20). The third-order valence-corrected chi connectivity index (χ3v) is 4.11. The zero-order valence-electron chi connectivity index (χ0n) is 11.3. The van der Waals surface area contributed by atoms with Crippen LogP contribution < -0.4 is 10.6 Å². The fraction of sp³-hybridized carbons (Fsp3) is 0.467. The summed E-state index contributed by atoms with van der Waals surface area (Å²) in [7, 11) is 0. The summed E-state index contributed by atoms with van der Waals surface area (Å²) in [5.41, 5.74) is 0.985. The first-order chi connectivity index (χ1) is 9.65. The van der Waals surface area contributed by atoms with Crippen molar-refractivity contribution in [1.82, 2.24) is 10.6 Å². The van der Waals surface area contributed by atoms with Crippen LogP contribution in [-0.4, -0.2) is 17.1 Å². The van der Waals surface area contributed by atoms with Gasteiger partial charge in [-0.2, -0.15) is 0 Å². The van der Waals surface area contributed by atoms with Crippen LogP contribution >= 0.6 is 23.8 Å². The first-order valence-corrected chi connectivity index (χ1v) is 7.77. The molecule has 108 valence electrons. The van der Waals surface area contributed by atoms with E-state index in [4.69, 9.17) is 23.8 Å². The first-order valence-electron chi connectivity index (χ1n) is 6.99. The summed E-state index contributed by atoms with van der Waals surface area (Å²) in [4.78, 5) is 11.8. The molecule has 0 aromatic heterocycles. The van der Waals surface area contributed by atoms with E-state index in [0.29, 0.717) is 29.0 Å². The molecule has 0 heterocycles. The van der Waals surface area contributed by atoms with Crippen molar-refractivity contribution in [2.24, 2.45) is 0 Å². The first kappa shape index (κ1) is 15.3. The molecule has 1 amide bonds. The predicted molar refractivity (Wildman–Crippen MR) is 85.9 cm³/mol. The minimum atomic E-state index is -0.0691. The molecule has 2 rings (SSSR count). The van der Waals surface area contributed by atoms with Crippen molar-refractivity contribution < 1.29 is 4.79 Å². The summed E-state index contributed by atoms with van der Waals surface area (Å²) < 4.78 is 0. The zero-order valence-corrected chi connectivity index (χ0v) is 12.9. The maximum absolute atomic E-state index is 11.8. The second-order valence-electron chi connectivity index (χ2n) is 5.09. The highest BCUT2D eigenvalue weighted by atomic mass is 35.5. The van der Waals surface area contributed by atoms with Gasteiger partial charge in [-0.3, -0.25) is 4.79 Å². The molecule has 0 spiro atoms. The van der Waals surface area contributed by atoms with E-state index in [1.54, 1.807) is 0 Å². The molecule has 2 N–H and O–H groups in total. The molecule has 0 atom stereocenters. The number of rotatable bonds is 4. The quantitative estimate of drug-likeness (QED) is 0.839. The van der Waals surface area contributed by atoms with Crippen molar-refractivity contribution in [2.75, 3.05) is 0 Å². The van der Waals surface area contributed by atoms with Gasteiger partial charge in [0, 0.05) is 17.5 Å². The van der Waals surface area contributed by atoms with Crippen LogP contribution in [0.3, 0.4) is 0 Å². The van der Waals surface area contributed by atoms with Crippen LogP contribution in [0.15, 0.2) is 24.3 Å². The van der Waals surface area contributed by atoms with Crippen LogP contribution in [-0.2, 0) is 11.2 Å². The van der Waals surface area contributed by atoms with Gasteiger partial charge < -0.3 is 10.6 Å². The molecular weight excluding hydrogens is 292 g/mol. The minimum Gasteiger partial charge on any atom is -0.360 e. The van der Waals surface area contributed by atoms with Crippen LogP contribution in [0.5, 0.6) is 0 Å². The number of hydrogen-bond donors (Lipinski definition) is 2. The second kappa shape index (κ2) is 7.60. The van der Waals surface area contributed by atoms with E-state index in [-0.39, 0.29) is 5.91 Å². The molecule has 0 aliphatic heterocycles. The van der Waals surface area contributed by atoms with Gasteiger partial charge in [0.2, 0.25) is 5.91 Å². The second-order valence-corrected chi connectivity index (χ2v) is 5.91. The smallest absolute Gasteiger partial charge is 0.226 e. The summed E-state index contributed by atoms with van der Waals surface area (Å²) >= 11 is 11.2. The van der Waals surface area contributed by atoms with Gasteiger partial charge in [-0.25, -0.2) is 0 Å². The lowest BCUT2D eigenvalue weighted by Crippen LogP contribution is -2.43. The minimum absolute atomic E-state index is 0.0691. The van der Waals surface area contributed by atoms with Crippen LogP contribution in [0.4, 0.5) is 0 Å². The van der Waals surface area contributed by atoms with Gasteiger partial charge in [-0.1, -0.05) is 42.6 Å². The van der Waals surface area contributed by atoms with Gasteiger partial charge in [0.25, 0.3) is 0 Å². The van der Waals surface area contributed by atoms with E-state index in [2.05, 4.69) is 10.6 Å². The zero-order chi connectivity index (χ0) is 14.4. The van der Waals surface area contributed by atoms with Gasteiger partial charge in [-0.15, -0.1) is 0 Å². The lowest BCUT2D eigenvalue weighted by atomic mass is 10.1. The molecule has 1 aromatic carbocycles. The number of amides is 1. The molecule has 5 heteroatoms. The third-order valence-electron chi connectivity index (χ3n) is 3.52. The van der Waals surface area contributed by atoms with Gasteiger partial charge in [-0.05, 0) is 43.1 Å². The summed E-state index contributed by atoms with van der Waals surface area (Å²) in [6.45, 7) is 0. The fourth-order valence-corrected chi connectivity index (χ4v) is 2.94. The predicted octanol–water partition coefficient (Wildman–Crippen LogP) is 3.21. The van der Waals surface area contributed by atoms with Gasteiger partial charge in [0.1, 0.15) is 0 Å². The molecule has 1 aliphatic rings. The number of thiocarbonyl (C=S) groups is 1. The number of nitrogens with one attached hydrogen (secondary N) is 2. The van der Waals surface area contributed by atoms with Crippen molar-refractivity contribution >= 4 is 34.8 Å². The largest absolute Gasteiger partial charge is 0.360 e. The van der Waals surface area contributed by atoms with Gasteiger partial charge in [0.05, 0.1) is 0 Å². The number of hydrogen-bond acceptors (Lipinski definition) is 2. The lowest BCUT2D eigenvalue weighted by Gasteiger charge is -2.14. The van der Waals surface area contributed by atoms with Crippen molar-refractivity contribution in [3.05, 3.63) is 34.9 Å². The van der Waals surface area contributed by atoms with Crippen molar-refractivity contribution in [1.29, 1.82) is 0 Å². The Morgan fingerprint density at radius 1 is 1.30 bits per heavy atom. The van der Waals surface area contributed by atoms with Crippen LogP contribution in [0.2, 0.25) is 5.02 Å². The number of carbonyl (C=O) groups is 1. The van der Waals surface area contributed by atoms with E-state index in [0.717, 1.165) is 18.4 Å². The molecule has 1 aliphatic carbocycles. The summed E-state index contributed by atoms with van der Waals surface area (Å²) in [6, 6.07) is 8.00. The Labute approximate surface area is 130 Å². The topological polar surface area (TPSA) is 41.1 Å². The third kappa shape index (κ3) is 4.76. The van der Waals surface area contributed by atoms with Crippen molar-refractivity contribution in [3.8, 4) is 0 Å². The Bertz CT molecular complexity index is 487. The Balaban J connectivity index is 1.72. The Morgan fingerprint density at radius 3 is 2.70 bits per heavy atom. The van der Waals surface area contributed by atoms with E-state index in [9.17, 15) is 4.79 Å². The molecule has 1 fully saturated rings. The molecule has 0 bridgehead atoms. The number of benzene rings is 1. The average molecular weight is 311 g/mol. The molecule has 1 aromatic rings. The summed E-state index contributed by atoms with van der Waals surface area (Å²) in [5, 5.41) is 7.07. The summed E-state index contributed by atoms with van der Waals surface area (Å²) in [5.74, 6) is -0.0691. The van der Waals surface area contributed by atoms with Crippen molar-refractivity contribution in [2.45, 2.75) is 44.6 Å². The van der Waals surface area contributed by atoms with E-state index in [1.165, 1.54) is 12.8 Å². The normalized spacial score (nSPS) is 15.1. The highest BCUT2D eigenvalue weighted by Crippen LogP contribution is 2.18.